The first kappa shape index (κ1) is 24.7. The van der Waals surface area contributed by atoms with Gasteiger partial charge in [0, 0.05) is 6.61 Å². The first-order valence-corrected chi connectivity index (χ1v) is 12.9. The van der Waals surface area contributed by atoms with Gasteiger partial charge in [-0.1, -0.05) is 69.9 Å². The Morgan fingerprint density at radius 2 is 1.84 bits per heavy atom. The van der Waals surface area contributed by atoms with Gasteiger partial charge < -0.3 is 15.3 Å². The number of aliphatic hydroxyl groups is 3. The van der Waals surface area contributed by atoms with Gasteiger partial charge in [-0.2, -0.15) is 0 Å². The Morgan fingerprint density at radius 3 is 2.48 bits per heavy atom. The lowest BCUT2D eigenvalue weighted by Crippen LogP contribution is -2.38. The molecule has 3 fully saturated rings. The average Bonchev–Trinajstić information content (AvgIpc) is 3.10. The Labute approximate surface area is 190 Å². The molecule has 31 heavy (non-hydrogen) atoms. The Hall–Kier alpha value is -0.900. The third kappa shape index (κ3) is 5.37. The molecule has 3 N–H and O–H groups in total. The minimum absolute atomic E-state index is 0.314. The van der Waals surface area contributed by atoms with E-state index in [4.69, 9.17) is 0 Å². The van der Waals surface area contributed by atoms with E-state index in [1.807, 2.05) is 0 Å². The maximum Gasteiger partial charge on any atom is 0.0809 e. The van der Waals surface area contributed by atoms with E-state index >= 15 is 0 Å². The van der Waals surface area contributed by atoms with Crippen molar-refractivity contribution in [2.45, 2.75) is 104 Å². The van der Waals surface area contributed by atoms with E-state index in [0.717, 1.165) is 17.9 Å². The highest BCUT2D eigenvalue weighted by Gasteiger charge is 2.51. The Morgan fingerprint density at radius 1 is 1.13 bits per heavy atom. The first-order valence-electron chi connectivity index (χ1n) is 12.9. The van der Waals surface area contributed by atoms with Crippen molar-refractivity contribution in [1.82, 2.24) is 0 Å². The molecule has 0 unspecified atom stereocenters. The van der Waals surface area contributed by atoms with Crippen molar-refractivity contribution in [1.29, 1.82) is 0 Å². The normalized spacial score (nSPS) is 37.0. The smallest absolute Gasteiger partial charge is 0.0809 e. The second-order valence-corrected chi connectivity index (χ2v) is 11.0. The van der Waals surface area contributed by atoms with Crippen LogP contribution in [-0.2, 0) is 0 Å². The highest BCUT2D eigenvalue weighted by Crippen LogP contribution is 2.60. The first-order chi connectivity index (χ1) is 14.8. The van der Waals surface area contributed by atoms with Crippen LogP contribution in [0.5, 0.6) is 0 Å². The summed E-state index contributed by atoms with van der Waals surface area (Å²) in [5, 5.41) is 30.0. The molecular weight excluding hydrogens is 384 g/mol. The number of aliphatic hydroxyl groups excluding tert-OH is 3. The summed E-state index contributed by atoms with van der Waals surface area (Å²) in [7, 11) is 0. The van der Waals surface area contributed by atoms with E-state index in [-0.39, 0.29) is 0 Å². The fourth-order valence-corrected chi connectivity index (χ4v) is 7.20. The highest BCUT2D eigenvalue weighted by atomic mass is 16.3. The minimum atomic E-state index is -0.617. The molecule has 3 rings (SSSR count). The van der Waals surface area contributed by atoms with E-state index in [2.05, 4.69) is 39.5 Å². The summed E-state index contributed by atoms with van der Waals surface area (Å²) in [4.78, 5) is 0. The van der Waals surface area contributed by atoms with Crippen molar-refractivity contribution in [3.05, 3.63) is 35.5 Å². The van der Waals surface area contributed by atoms with Crippen molar-refractivity contribution in [3.8, 4) is 0 Å². The van der Waals surface area contributed by atoms with E-state index in [1.54, 1.807) is 5.57 Å². The second-order valence-electron chi connectivity index (χ2n) is 11.0. The summed E-state index contributed by atoms with van der Waals surface area (Å²) in [5.41, 5.74) is 3.64. The van der Waals surface area contributed by atoms with Crippen LogP contribution in [0.1, 0.15) is 91.4 Å². The molecule has 0 amide bonds. The summed E-state index contributed by atoms with van der Waals surface area (Å²) < 4.78 is 0. The Balaban J connectivity index is 1.75. The maximum atomic E-state index is 10.2. The zero-order valence-electron chi connectivity index (χ0n) is 20.2. The molecule has 0 heterocycles. The van der Waals surface area contributed by atoms with E-state index in [9.17, 15) is 15.3 Å². The van der Waals surface area contributed by atoms with Crippen molar-refractivity contribution >= 4 is 0 Å². The van der Waals surface area contributed by atoms with Crippen molar-refractivity contribution in [2.75, 3.05) is 6.61 Å². The van der Waals surface area contributed by atoms with Crippen LogP contribution in [-0.4, -0.2) is 34.1 Å². The van der Waals surface area contributed by atoms with Gasteiger partial charge in [-0.3, -0.25) is 0 Å². The van der Waals surface area contributed by atoms with Crippen LogP contribution < -0.4 is 0 Å². The third-order valence-corrected chi connectivity index (χ3v) is 9.14. The molecule has 0 aromatic carbocycles. The van der Waals surface area contributed by atoms with E-state index in [0.29, 0.717) is 48.2 Å². The van der Waals surface area contributed by atoms with Gasteiger partial charge in [0.05, 0.1) is 12.2 Å². The second kappa shape index (κ2) is 10.8. The van der Waals surface area contributed by atoms with Gasteiger partial charge in [0.15, 0.2) is 0 Å². The van der Waals surface area contributed by atoms with Gasteiger partial charge in [0.25, 0.3) is 0 Å². The Bertz CT molecular complexity index is 662. The van der Waals surface area contributed by atoms with Crippen LogP contribution in [0.3, 0.4) is 0 Å². The molecule has 176 valence electrons. The SMILES string of the molecule is C=C1[C@H](O)CC(=C/C=C2\CCC[C@]3(C)[C@@H]([C@H](C)[C@H](CCO)CCCC)CC[C@@H]23)C[C@H]1O. The molecule has 0 aliphatic heterocycles. The molecule has 0 saturated heterocycles. The zero-order chi connectivity index (χ0) is 22.6. The van der Waals surface area contributed by atoms with Gasteiger partial charge >= 0.3 is 0 Å². The van der Waals surface area contributed by atoms with Gasteiger partial charge in [-0.25, -0.2) is 0 Å². The highest BCUT2D eigenvalue weighted by molar-refractivity contribution is 5.29. The summed E-state index contributed by atoms with van der Waals surface area (Å²) in [5.74, 6) is 2.70. The largest absolute Gasteiger partial charge is 0.396 e. The number of hydrogen-bond donors (Lipinski definition) is 3. The minimum Gasteiger partial charge on any atom is -0.396 e. The lowest BCUT2D eigenvalue weighted by atomic mass is 9.59. The third-order valence-electron chi connectivity index (χ3n) is 9.14. The van der Waals surface area contributed by atoms with Crippen LogP contribution in [0.15, 0.2) is 35.5 Å². The summed E-state index contributed by atoms with van der Waals surface area (Å²) in [6, 6.07) is 0. The van der Waals surface area contributed by atoms with Crippen LogP contribution in [0.2, 0.25) is 0 Å². The van der Waals surface area contributed by atoms with E-state index < -0.39 is 12.2 Å². The molecule has 3 heteroatoms. The van der Waals surface area contributed by atoms with Crippen molar-refractivity contribution in [3.63, 3.8) is 0 Å². The van der Waals surface area contributed by atoms with Gasteiger partial charge in [0.2, 0.25) is 0 Å². The molecule has 0 aromatic heterocycles. The van der Waals surface area contributed by atoms with Gasteiger partial charge in [-0.15, -0.1) is 0 Å². The summed E-state index contributed by atoms with van der Waals surface area (Å²) in [6.45, 7) is 11.4. The van der Waals surface area contributed by atoms with Crippen LogP contribution in [0.4, 0.5) is 0 Å². The maximum absolute atomic E-state index is 10.2. The monoisotopic (exact) mass is 430 g/mol. The molecule has 7 atom stereocenters. The number of hydrogen-bond acceptors (Lipinski definition) is 3. The van der Waals surface area contributed by atoms with Crippen LogP contribution >= 0.6 is 0 Å². The quantitative estimate of drug-likeness (QED) is 0.417. The topological polar surface area (TPSA) is 60.7 Å². The molecule has 0 spiro atoms. The van der Waals surface area contributed by atoms with Crippen molar-refractivity contribution in [2.24, 2.45) is 29.1 Å². The number of unbranched alkanes of at least 4 members (excludes halogenated alkanes) is 1. The number of fused-ring (bicyclic) bond motifs is 1. The van der Waals surface area contributed by atoms with Crippen molar-refractivity contribution < 1.29 is 15.3 Å². The van der Waals surface area contributed by atoms with Crippen LogP contribution in [0.25, 0.3) is 0 Å². The zero-order valence-corrected chi connectivity index (χ0v) is 20.2. The summed E-state index contributed by atoms with van der Waals surface area (Å²) >= 11 is 0. The molecule has 0 aromatic rings. The molecular formula is C28H46O3. The molecule has 3 saturated carbocycles. The summed E-state index contributed by atoms with van der Waals surface area (Å²) in [6.07, 6.45) is 15.5. The van der Waals surface area contributed by atoms with E-state index in [1.165, 1.54) is 51.4 Å². The predicted octanol–water partition coefficient (Wildman–Crippen LogP) is 5.95. The van der Waals surface area contributed by atoms with Gasteiger partial charge in [0.1, 0.15) is 0 Å². The molecule has 3 nitrogen and oxygen atoms in total. The molecule has 0 radical (unpaired) electrons. The fourth-order valence-electron chi connectivity index (χ4n) is 7.20. The molecule has 3 aliphatic carbocycles. The number of allylic oxidation sites excluding steroid dienone is 3. The predicted molar refractivity (Wildman–Crippen MR) is 129 cm³/mol. The standard InChI is InChI=1S/C28H46O3/c1-5-6-8-22(14-16-29)19(2)24-12-13-25-23(9-7-15-28(24,25)4)11-10-21-17-26(30)20(3)27(31)18-21/h10-11,19,22,24-27,29-31H,3,5-9,12-18H2,1-2,4H3/b23-11+/t19-,22+,24-,25+,26-,27-,28-/m1/s1. The number of rotatable bonds is 8. The molecule has 3 aliphatic rings. The van der Waals surface area contributed by atoms with Gasteiger partial charge in [-0.05, 0) is 86.0 Å². The lowest BCUT2D eigenvalue weighted by Gasteiger charge is -2.46. The fraction of sp³-hybridized carbons (Fsp3) is 0.786. The Kier molecular flexibility index (Phi) is 8.63. The van der Waals surface area contributed by atoms with Crippen LogP contribution in [0, 0.1) is 29.1 Å². The lowest BCUT2D eigenvalue weighted by molar-refractivity contribution is 0.0615. The average molecular weight is 431 g/mol. The molecule has 0 bridgehead atoms.